The van der Waals surface area contributed by atoms with Crippen LogP contribution in [0.5, 0.6) is 5.75 Å². The van der Waals surface area contributed by atoms with E-state index in [4.69, 9.17) is 9.73 Å². The predicted octanol–water partition coefficient (Wildman–Crippen LogP) is 5.29. The maximum Gasteiger partial charge on any atom is 0.263 e. The predicted molar refractivity (Wildman–Crippen MR) is 139 cm³/mol. The van der Waals surface area contributed by atoms with Crippen LogP contribution in [0.1, 0.15) is 49.8 Å². The maximum absolute atomic E-state index is 14.2. The van der Waals surface area contributed by atoms with Gasteiger partial charge in [0.1, 0.15) is 11.6 Å². The van der Waals surface area contributed by atoms with E-state index in [0.717, 1.165) is 74.4 Å². The Morgan fingerprint density at radius 2 is 1.81 bits per heavy atom. The molecule has 3 aliphatic rings. The molecule has 0 radical (unpaired) electrons. The molecule has 1 atom stereocenters. The molecule has 0 bridgehead atoms. The van der Waals surface area contributed by atoms with Crippen LogP contribution in [-0.4, -0.2) is 58.7 Å². The van der Waals surface area contributed by atoms with Crippen molar-refractivity contribution in [2.75, 3.05) is 19.6 Å². The van der Waals surface area contributed by atoms with Crippen molar-refractivity contribution in [2.24, 2.45) is 4.99 Å². The van der Waals surface area contributed by atoms with E-state index in [-0.39, 0.29) is 23.3 Å². The Balaban J connectivity index is 1.19. The van der Waals surface area contributed by atoms with Gasteiger partial charge in [-0.1, -0.05) is 12.1 Å². The van der Waals surface area contributed by atoms with Crippen LogP contribution >= 0.6 is 0 Å². The number of benzene rings is 1. The van der Waals surface area contributed by atoms with Crippen LogP contribution in [-0.2, 0) is 4.79 Å². The molecule has 0 spiro atoms. The van der Waals surface area contributed by atoms with Gasteiger partial charge >= 0.3 is 0 Å². The molecule has 1 aromatic heterocycles. The number of rotatable bonds is 5. The van der Waals surface area contributed by atoms with Crippen molar-refractivity contribution < 1.29 is 18.3 Å². The summed E-state index contributed by atoms with van der Waals surface area (Å²) in [6.07, 6.45) is 12.4. The van der Waals surface area contributed by atoms with Gasteiger partial charge in [-0.3, -0.25) is 9.78 Å². The molecule has 0 saturated carbocycles. The number of piperidine rings is 1. The van der Waals surface area contributed by atoms with Gasteiger partial charge in [-0.2, -0.15) is 0 Å². The first-order valence-corrected chi connectivity index (χ1v) is 13.0. The van der Waals surface area contributed by atoms with E-state index < -0.39 is 17.7 Å². The Labute approximate surface area is 216 Å². The van der Waals surface area contributed by atoms with Gasteiger partial charge in [0.15, 0.2) is 17.7 Å². The summed E-state index contributed by atoms with van der Waals surface area (Å²) < 4.78 is 33.8. The SMILES string of the molecule is Cc1cc(F)c(OC2CCN(C3CCN(C4=CCCCC=C(c5ccccn5)C=N4)CC3)C2=O)cc1F. The number of amides is 1. The molecule has 0 aliphatic carbocycles. The van der Waals surface area contributed by atoms with Gasteiger partial charge in [0, 0.05) is 56.1 Å². The smallest absolute Gasteiger partial charge is 0.263 e. The molecule has 1 amide bonds. The zero-order valence-electron chi connectivity index (χ0n) is 21.1. The van der Waals surface area contributed by atoms with Crippen LogP contribution in [0.25, 0.3) is 5.57 Å². The topological polar surface area (TPSA) is 58.0 Å². The average Bonchev–Trinajstić information content (AvgIpc) is 3.33. The van der Waals surface area contributed by atoms with Crippen molar-refractivity contribution in [3.05, 3.63) is 77.4 Å². The first-order valence-electron chi connectivity index (χ1n) is 13.0. The van der Waals surface area contributed by atoms with Gasteiger partial charge in [-0.05, 0) is 68.9 Å². The van der Waals surface area contributed by atoms with Gasteiger partial charge in [-0.25, -0.2) is 13.8 Å². The quantitative estimate of drug-likeness (QED) is 0.553. The van der Waals surface area contributed by atoms with Gasteiger partial charge < -0.3 is 14.5 Å². The number of nitrogens with zero attached hydrogens (tertiary/aromatic N) is 4. The molecule has 2 saturated heterocycles. The Bertz CT molecular complexity index is 1220. The van der Waals surface area contributed by atoms with Crippen LogP contribution in [0, 0.1) is 18.6 Å². The molecule has 2 aromatic rings. The third-order valence-corrected chi connectivity index (χ3v) is 7.30. The first-order chi connectivity index (χ1) is 18.0. The van der Waals surface area contributed by atoms with Crippen molar-refractivity contribution in [1.29, 1.82) is 0 Å². The number of aliphatic imine (C=N–C) groups is 1. The van der Waals surface area contributed by atoms with Crippen LogP contribution in [0.4, 0.5) is 8.78 Å². The van der Waals surface area contributed by atoms with Crippen molar-refractivity contribution in [3.63, 3.8) is 0 Å². The zero-order chi connectivity index (χ0) is 25.8. The van der Waals surface area contributed by atoms with Crippen LogP contribution in [0.2, 0.25) is 0 Å². The summed E-state index contributed by atoms with van der Waals surface area (Å²) in [5, 5.41) is 0. The minimum Gasteiger partial charge on any atom is -0.477 e. The molecular weight excluding hydrogens is 474 g/mol. The normalized spacial score (nSPS) is 21.3. The lowest BCUT2D eigenvalue weighted by Crippen LogP contribution is -2.46. The highest BCUT2D eigenvalue weighted by molar-refractivity contribution is 6.09. The monoisotopic (exact) mass is 506 g/mol. The Kier molecular flexibility index (Phi) is 7.63. The number of carbonyl (C=O) groups is 1. The van der Waals surface area contributed by atoms with Crippen LogP contribution < -0.4 is 4.74 Å². The molecule has 3 aliphatic heterocycles. The maximum atomic E-state index is 14.2. The number of allylic oxidation sites excluding steroid dienone is 3. The van der Waals surface area contributed by atoms with E-state index in [1.807, 2.05) is 29.3 Å². The molecular formula is C29H32F2N4O2. The first kappa shape index (κ1) is 25.1. The van der Waals surface area contributed by atoms with Crippen molar-refractivity contribution in [3.8, 4) is 5.75 Å². The Hall–Kier alpha value is -3.55. The lowest BCUT2D eigenvalue weighted by atomic mass is 10.0. The van der Waals surface area contributed by atoms with Gasteiger partial charge in [0.2, 0.25) is 0 Å². The lowest BCUT2D eigenvalue weighted by Gasteiger charge is -2.37. The van der Waals surface area contributed by atoms with Gasteiger partial charge in [-0.15, -0.1) is 0 Å². The highest BCUT2D eigenvalue weighted by atomic mass is 19.1. The highest BCUT2D eigenvalue weighted by Gasteiger charge is 2.39. The average molecular weight is 507 g/mol. The Morgan fingerprint density at radius 1 is 1.00 bits per heavy atom. The summed E-state index contributed by atoms with van der Waals surface area (Å²) in [6, 6.07) is 8.11. The standard InChI is InChI=1S/C29H32F2N4O2/c1-20-17-24(31)27(18-23(20)30)37-26-12-16-35(29(26)36)22-10-14-34(15-11-22)28-9-4-2-3-7-21(19-33-28)25-8-5-6-13-32-25/h5-9,13,17-19,22,26H,2-4,10-12,14-16H2,1H3. The number of pyridine rings is 1. The second-order valence-corrected chi connectivity index (χ2v) is 9.80. The summed E-state index contributed by atoms with van der Waals surface area (Å²) in [4.78, 5) is 26.5. The highest BCUT2D eigenvalue weighted by Crippen LogP contribution is 2.29. The lowest BCUT2D eigenvalue weighted by molar-refractivity contribution is -0.136. The van der Waals surface area contributed by atoms with Crippen LogP contribution in [0.3, 0.4) is 0 Å². The third kappa shape index (κ3) is 5.73. The molecule has 194 valence electrons. The fraction of sp³-hybridized carbons (Fsp3) is 0.414. The molecule has 8 heteroatoms. The summed E-state index contributed by atoms with van der Waals surface area (Å²) in [6.45, 7) is 3.64. The van der Waals surface area contributed by atoms with Crippen molar-refractivity contribution in [2.45, 2.75) is 57.6 Å². The zero-order valence-corrected chi connectivity index (χ0v) is 21.1. The Morgan fingerprint density at radius 3 is 2.59 bits per heavy atom. The van der Waals surface area contributed by atoms with Gasteiger partial charge in [0.05, 0.1) is 5.69 Å². The number of halogens is 2. The molecule has 2 fully saturated rings. The van der Waals surface area contributed by atoms with E-state index in [0.29, 0.717) is 13.0 Å². The molecule has 0 N–H and O–H groups in total. The van der Waals surface area contributed by atoms with Crippen LogP contribution in [0.15, 0.2) is 59.5 Å². The van der Waals surface area contributed by atoms with Gasteiger partial charge in [0.25, 0.3) is 5.91 Å². The fourth-order valence-electron chi connectivity index (χ4n) is 5.19. The third-order valence-electron chi connectivity index (χ3n) is 7.30. The summed E-state index contributed by atoms with van der Waals surface area (Å²) in [7, 11) is 0. The summed E-state index contributed by atoms with van der Waals surface area (Å²) in [5.74, 6) is -0.585. The molecule has 4 heterocycles. The minimum atomic E-state index is -0.784. The van der Waals surface area contributed by atoms with E-state index in [1.54, 1.807) is 6.20 Å². The number of hydrogen-bond acceptors (Lipinski definition) is 5. The summed E-state index contributed by atoms with van der Waals surface area (Å²) >= 11 is 0. The molecule has 6 nitrogen and oxygen atoms in total. The minimum absolute atomic E-state index is 0.0989. The number of aryl methyl sites for hydroxylation is 1. The second kappa shape index (κ2) is 11.2. The number of ether oxygens (including phenoxy) is 1. The second-order valence-electron chi connectivity index (χ2n) is 9.80. The van der Waals surface area contributed by atoms with Crippen molar-refractivity contribution in [1.82, 2.24) is 14.8 Å². The largest absolute Gasteiger partial charge is 0.477 e. The van der Waals surface area contributed by atoms with E-state index in [2.05, 4.69) is 22.0 Å². The molecule has 5 rings (SSSR count). The number of likely N-dealkylation sites (tertiary alicyclic amines) is 2. The molecule has 37 heavy (non-hydrogen) atoms. The van der Waals surface area contributed by atoms with E-state index in [9.17, 15) is 13.6 Å². The van der Waals surface area contributed by atoms with E-state index >= 15 is 0 Å². The summed E-state index contributed by atoms with van der Waals surface area (Å²) in [5.41, 5.74) is 2.16. The molecule has 1 aromatic carbocycles. The number of aromatic nitrogens is 1. The molecule has 1 unspecified atom stereocenters. The van der Waals surface area contributed by atoms with E-state index in [1.165, 1.54) is 6.92 Å². The number of hydrogen-bond donors (Lipinski definition) is 0. The van der Waals surface area contributed by atoms with Crippen molar-refractivity contribution >= 4 is 17.7 Å². The fourth-order valence-corrected chi connectivity index (χ4v) is 5.19. The number of carbonyl (C=O) groups excluding carboxylic acids is 1.